The molecule has 0 amide bonds. The van der Waals surface area contributed by atoms with Gasteiger partial charge in [0.1, 0.15) is 0 Å². The van der Waals surface area contributed by atoms with Crippen LogP contribution in [-0.4, -0.2) is 17.5 Å². The zero-order valence-corrected chi connectivity index (χ0v) is 5.72. The van der Waals surface area contributed by atoms with Gasteiger partial charge < -0.3 is 10.5 Å². The Labute approximate surface area is 58.3 Å². The maximum atomic E-state index is 10.6. The lowest BCUT2D eigenvalue weighted by Gasteiger charge is -2.25. The van der Waals surface area contributed by atoms with Gasteiger partial charge in [-0.25, -0.2) is 0 Å². The van der Waals surface area contributed by atoms with E-state index in [2.05, 4.69) is 4.74 Å². The molecular formula is C6H9NO3. The molecule has 0 radical (unpaired) electrons. The largest absolute Gasteiger partial charge is 0.393 e. The van der Waals surface area contributed by atoms with Crippen molar-refractivity contribution in [3.05, 3.63) is 0 Å². The van der Waals surface area contributed by atoms with E-state index in [9.17, 15) is 9.59 Å². The molecule has 56 valence electrons. The molecule has 1 heterocycles. The summed E-state index contributed by atoms with van der Waals surface area (Å²) in [6.07, 6.45) is 0.247. The molecule has 2 N–H and O–H groups in total. The van der Waals surface area contributed by atoms with Gasteiger partial charge in [0, 0.05) is 5.54 Å². The van der Waals surface area contributed by atoms with Gasteiger partial charge in [0.05, 0.1) is 12.8 Å². The highest BCUT2D eigenvalue weighted by Gasteiger charge is 2.33. The third-order valence-corrected chi connectivity index (χ3v) is 1.32. The summed E-state index contributed by atoms with van der Waals surface area (Å²) in [5, 5.41) is 0. The molecule has 4 nitrogen and oxygen atoms in total. The summed E-state index contributed by atoms with van der Waals surface area (Å²) >= 11 is 0. The van der Waals surface area contributed by atoms with Crippen molar-refractivity contribution in [3.63, 3.8) is 0 Å². The molecule has 4 heteroatoms. The topological polar surface area (TPSA) is 69.4 Å². The van der Waals surface area contributed by atoms with E-state index in [0.717, 1.165) is 0 Å². The summed E-state index contributed by atoms with van der Waals surface area (Å²) in [4.78, 5) is 21.1. The number of rotatable bonds is 0. The molecule has 0 aromatic rings. The van der Waals surface area contributed by atoms with Crippen LogP contribution in [0.3, 0.4) is 0 Å². The Morgan fingerprint density at radius 3 is 2.10 bits per heavy atom. The molecule has 0 aromatic heterocycles. The lowest BCUT2D eigenvalue weighted by atomic mass is 9.93. The van der Waals surface area contributed by atoms with Gasteiger partial charge in [0.2, 0.25) is 0 Å². The molecule has 0 bridgehead atoms. The summed E-state index contributed by atoms with van der Waals surface area (Å²) in [6.45, 7) is 1.66. The number of esters is 2. The summed E-state index contributed by atoms with van der Waals surface area (Å²) in [7, 11) is 0. The Kier molecular flexibility index (Phi) is 1.48. The average Bonchev–Trinajstić information content (AvgIpc) is 1.54. The predicted molar refractivity (Wildman–Crippen MR) is 32.9 cm³/mol. The smallest absolute Gasteiger partial charge is 0.315 e. The Balaban J connectivity index is 2.68. The first kappa shape index (κ1) is 7.21. The fraction of sp³-hybridized carbons (Fsp3) is 0.667. The Morgan fingerprint density at radius 1 is 1.40 bits per heavy atom. The van der Waals surface area contributed by atoms with Crippen molar-refractivity contribution in [1.82, 2.24) is 0 Å². The van der Waals surface area contributed by atoms with Gasteiger partial charge >= 0.3 is 11.9 Å². The van der Waals surface area contributed by atoms with Gasteiger partial charge in [-0.15, -0.1) is 0 Å². The summed E-state index contributed by atoms with van der Waals surface area (Å²) in [5.41, 5.74) is 4.83. The zero-order chi connectivity index (χ0) is 7.78. The quantitative estimate of drug-likeness (QED) is 0.369. The zero-order valence-electron chi connectivity index (χ0n) is 5.72. The van der Waals surface area contributed by atoms with Crippen molar-refractivity contribution in [2.24, 2.45) is 5.73 Å². The van der Waals surface area contributed by atoms with E-state index in [-0.39, 0.29) is 12.8 Å². The maximum Gasteiger partial charge on any atom is 0.315 e. The average molecular weight is 143 g/mol. The number of carbonyl (C=O) groups is 2. The number of ether oxygens (including phenoxy) is 1. The van der Waals surface area contributed by atoms with Crippen LogP contribution in [0, 0.1) is 0 Å². The van der Waals surface area contributed by atoms with Crippen LogP contribution < -0.4 is 5.73 Å². The monoisotopic (exact) mass is 143 g/mol. The van der Waals surface area contributed by atoms with E-state index in [1.807, 2.05) is 0 Å². The molecule has 0 unspecified atom stereocenters. The van der Waals surface area contributed by atoms with Crippen LogP contribution in [0.15, 0.2) is 0 Å². The predicted octanol–water partition coefficient (Wildman–Crippen LogP) is -0.433. The number of cyclic esters (lactones) is 2. The van der Waals surface area contributed by atoms with E-state index < -0.39 is 17.5 Å². The van der Waals surface area contributed by atoms with Crippen LogP contribution in [0.2, 0.25) is 0 Å². The molecule has 1 aliphatic heterocycles. The number of nitrogens with two attached hydrogens (primary N) is 1. The van der Waals surface area contributed by atoms with Crippen LogP contribution in [0.1, 0.15) is 19.8 Å². The van der Waals surface area contributed by atoms with E-state index >= 15 is 0 Å². The maximum absolute atomic E-state index is 10.6. The first-order chi connectivity index (χ1) is 4.49. The SMILES string of the molecule is CC1(N)CC(=O)OC(=O)C1. The van der Waals surface area contributed by atoms with E-state index in [1.165, 1.54) is 0 Å². The highest BCUT2D eigenvalue weighted by Crippen LogP contribution is 2.17. The van der Waals surface area contributed by atoms with Gasteiger partial charge in [0.25, 0.3) is 0 Å². The minimum atomic E-state index is -0.702. The molecule has 1 saturated heterocycles. The van der Waals surface area contributed by atoms with Crippen molar-refractivity contribution in [2.75, 3.05) is 0 Å². The first-order valence-electron chi connectivity index (χ1n) is 3.02. The van der Waals surface area contributed by atoms with E-state index in [1.54, 1.807) is 6.92 Å². The van der Waals surface area contributed by atoms with Gasteiger partial charge in [-0.1, -0.05) is 0 Å². The first-order valence-corrected chi connectivity index (χ1v) is 3.02. The molecule has 1 rings (SSSR count). The standard InChI is InChI=1S/C6H9NO3/c1-6(7)2-4(8)10-5(9)3-6/h2-3,7H2,1H3. The molecule has 0 aromatic carbocycles. The second kappa shape index (κ2) is 2.05. The fourth-order valence-corrected chi connectivity index (χ4v) is 0.921. The summed E-state index contributed by atoms with van der Waals surface area (Å²) in [5.74, 6) is -1.05. The van der Waals surface area contributed by atoms with Gasteiger partial charge in [-0.05, 0) is 6.92 Å². The third kappa shape index (κ3) is 1.54. The molecule has 0 saturated carbocycles. The Morgan fingerprint density at radius 2 is 1.80 bits per heavy atom. The van der Waals surface area contributed by atoms with Crippen LogP contribution >= 0.6 is 0 Å². The highest BCUT2D eigenvalue weighted by atomic mass is 16.6. The third-order valence-electron chi connectivity index (χ3n) is 1.32. The van der Waals surface area contributed by atoms with E-state index in [0.29, 0.717) is 0 Å². The highest BCUT2D eigenvalue weighted by molar-refractivity contribution is 5.89. The number of hydrogen-bond donors (Lipinski definition) is 1. The van der Waals surface area contributed by atoms with Crippen molar-refractivity contribution < 1.29 is 14.3 Å². The molecule has 10 heavy (non-hydrogen) atoms. The van der Waals surface area contributed by atoms with Crippen LogP contribution in [0.4, 0.5) is 0 Å². The van der Waals surface area contributed by atoms with Crippen LogP contribution in [-0.2, 0) is 14.3 Å². The van der Waals surface area contributed by atoms with Crippen molar-refractivity contribution in [1.29, 1.82) is 0 Å². The van der Waals surface area contributed by atoms with Crippen molar-refractivity contribution >= 4 is 11.9 Å². The Bertz CT molecular complexity index is 167. The molecule has 1 aliphatic rings. The number of carbonyl (C=O) groups excluding carboxylic acids is 2. The lowest BCUT2D eigenvalue weighted by Crippen LogP contribution is -2.45. The van der Waals surface area contributed by atoms with Crippen molar-refractivity contribution in [2.45, 2.75) is 25.3 Å². The molecular weight excluding hydrogens is 134 g/mol. The molecule has 0 aliphatic carbocycles. The Hall–Kier alpha value is -0.900. The fourth-order valence-electron chi connectivity index (χ4n) is 0.921. The lowest BCUT2D eigenvalue weighted by molar-refractivity contribution is -0.165. The van der Waals surface area contributed by atoms with Gasteiger partial charge in [0.15, 0.2) is 0 Å². The number of hydrogen-bond acceptors (Lipinski definition) is 4. The second-order valence-electron chi connectivity index (χ2n) is 2.85. The minimum Gasteiger partial charge on any atom is -0.393 e. The van der Waals surface area contributed by atoms with Crippen molar-refractivity contribution in [3.8, 4) is 0 Å². The van der Waals surface area contributed by atoms with E-state index in [4.69, 9.17) is 5.73 Å². The summed E-state index contributed by atoms with van der Waals surface area (Å²) in [6, 6.07) is 0. The van der Waals surface area contributed by atoms with Crippen LogP contribution in [0.5, 0.6) is 0 Å². The normalized spacial score (nSPS) is 24.2. The second-order valence-corrected chi connectivity index (χ2v) is 2.85. The van der Waals surface area contributed by atoms with Gasteiger partial charge in [-0.3, -0.25) is 9.59 Å². The molecule has 0 spiro atoms. The summed E-state index contributed by atoms with van der Waals surface area (Å²) < 4.78 is 4.26. The molecule has 1 fully saturated rings. The minimum absolute atomic E-state index is 0.124. The van der Waals surface area contributed by atoms with Gasteiger partial charge in [-0.2, -0.15) is 0 Å². The van der Waals surface area contributed by atoms with Crippen LogP contribution in [0.25, 0.3) is 0 Å². The molecule has 0 atom stereocenters.